The SMILES string of the molecule is CCN1C[C@@H](N(Cc2cc(F)c(Cl)cc2Cl)c2ccc(C#N)c(Cl)c2)CCO1. The highest BCUT2D eigenvalue weighted by molar-refractivity contribution is 6.35. The number of anilines is 1. The van der Waals surface area contributed by atoms with E-state index >= 15 is 0 Å². The fraction of sp³-hybridized carbons (Fsp3) is 0.350. The van der Waals surface area contributed by atoms with Crippen molar-refractivity contribution in [2.45, 2.75) is 25.9 Å². The lowest BCUT2D eigenvalue weighted by Gasteiger charge is -2.40. The molecule has 0 radical (unpaired) electrons. The van der Waals surface area contributed by atoms with E-state index in [0.717, 1.165) is 18.7 Å². The first-order chi connectivity index (χ1) is 13.4. The molecular weight excluding hydrogens is 424 g/mol. The Bertz CT molecular complexity index is 903. The Labute approximate surface area is 178 Å². The van der Waals surface area contributed by atoms with Gasteiger partial charge in [-0.25, -0.2) is 4.39 Å². The molecule has 3 rings (SSSR count). The van der Waals surface area contributed by atoms with E-state index in [1.807, 2.05) is 18.1 Å². The van der Waals surface area contributed by atoms with Gasteiger partial charge in [-0.15, -0.1) is 0 Å². The molecule has 2 aromatic carbocycles. The predicted molar refractivity (Wildman–Crippen MR) is 110 cm³/mol. The average Bonchev–Trinajstić information content (AvgIpc) is 2.69. The summed E-state index contributed by atoms with van der Waals surface area (Å²) in [5.74, 6) is -0.513. The van der Waals surface area contributed by atoms with Crippen molar-refractivity contribution in [3.05, 3.63) is 62.3 Å². The molecule has 1 aliphatic heterocycles. The van der Waals surface area contributed by atoms with Gasteiger partial charge < -0.3 is 4.90 Å². The number of hydroxylamine groups is 2. The Morgan fingerprint density at radius 1 is 1.21 bits per heavy atom. The third-order valence-electron chi connectivity index (χ3n) is 4.77. The lowest BCUT2D eigenvalue weighted by Crippen LogP contribution is -2.48. The second kappa shape index (κ2) is 9.30. The van der Waals surface area contributed by atoms with Gasteiger partial charge in [0.1, 0.15) is 11.9 Å². The molecule has 0 saturated carbocycles. The second-order valence-electron chi connectivity index (χ2n) is 6.52. The van der Waals surface area contributed by atoms with Crippen molar-refractivity contribution in [3.63, 3.8) is 0 Å². The summed E-state index contributed by atoms with van der Waals surface area (Å²) in [6, 6.07) is 10.2. The third-order valence-corrected chi connectivity index (χ3v) is 5.72. The first kappa shape index (κ1) is 21.2. The maximum atomic E-state index is 14.0. The maximum Gasteiger partial charge on any atom is 0.142 e. The van der Waals surface area contributed by atoms with Gasteiger partial charge in [0.05, 0.1) is 22.2 Å². The number of rotatable bonds is 5. The Morgan fingerprint density at radius 2 is 2.00 bits per heavy atom. The van der Waals surface area contributed by atoms with E-state index in [2.05, 4.69) is 11.0 Å². The summed E-state index contributed by atoms with van der Waals surface area (Å²) in [6.45, 7) is 4.42. The van der Waals surface area contributed by atoms with Crippen LogP contribution in [0.1, 0.15) is 24.5 Å². The monoisotopic (exact) mass is 441 g/mol. The predicted octanol–water partition coefficient (Wildman–Crippen LogP) is 5.69. The highest BCUT2D eigenvalue weighted by Crippen LogP contribution is 2.31. The maximum absolute atomic E-state index is 14.0. The molecule has 148 valence electrons. The van der Waals surface area contributed by atoms with Crippen molar-refractivity contribution in [1.29, 1.82) is 5.26 Å². The summed E-state index contributed by atoms with van der Waals surface area (Å²) >= 11 is 18.4. The minimum absolute atomic E-state index is 0.00931. The average molecular weight is 443 g/mol. The number of halogens is 4. The first-order valence-electron chi connectivity index (χ1n) is 8.90. The van der Waals surface area contributed by atoms with Crippen LogP contribution in [0.2, 0.25) is 15.1 Å². The Hall–Kier alpha value is -1.55. The van der Waals surface area contributed by atoms with Crippen LogP contribution in [0.4, 0.5) is 10.1 Å². The van der Waals surface area contributed by atoms with Crippen molar-refractivity contribution < 1.29 is 9.23 Å². The standard InChI is InChI=1S/C20H19Cl3FN3O/c1-2-26-12-16(5-6-28-26)27(15-4-3-13(10-25)17(21)8-15)11-14-7-20(24)19(23)9-18(14)22/h3-4,7-9,16H,2,5-6,11-12H2,1H3/t16-/m0/s1. The highest BCUT2D eigenvalue weighted by Gasteiger charge is 2.27. The Kier molecular flexibility index (Phi) is 7.03. The number of hydrogen-bond donors (Lipinski definition) is 0. The number of nitrogens with zero attached hydrogens (tertiary/aromatic N) is 3. The van der Waals surface area contributed by atoms with Crippen LogP contribution >= 0.6 is 34.8 Å². The molecule has 1 fully saturated rings. The minimum atomic E-state index is -0.513. The van der Waals surface area contributed by atoms with Crippen molar-refractivity contribution in [1.82, 2.24) is 5.06 Å². The van der Waals surface area contributed by atoms with Gasteiger partial charge in [0.25, 0.3) is 0 Å². The van der Waals surface area contributed by atoms with Crippen molar-refractivity contribution in [2.24, 2.45) is 0 Å². The molecule has 1 heterocycles. The van der Waals surface area contributed by atoms with Crippen molar-refractivity contribution in [3.8, 4) is 6.07 Å². The quantitative estimate of drug-likeness (QED) is 0.558. The van der Waals surface area contributed by atoms with Gasteiger partial charge >= 0.3 is 0 Å². The van der Waals surface area contributed by atoms with Gasteiger partial charge in [-0.05, 0) is 42.3 Å². The molecule has 0 N–H and O–H groups in total. The number of nitriles is 1. The van der Waals surface area contributed by atoms with Crippen LogP contribution in [0.5, 0.6) is 0 Å². The third kappa shape index (κ3) is 4.71. The van der Waals surface area contributed by atoms with Crippen molar-refractivity contribution in [2.75, 3.05) is 24.6 Å². The van der Waals surface area contributed by atoms with Crippen LogP contribution in [0.25, 0.3) is 0 Å². The van der Waals surface area contributed by atoms with Gasteiger partial charge in [0.2, 0.25) is 0 Å². The molecule has 8 heteroatoms. The second-order valence-corrected chi connectivity index (χ2v) is 7.74. The molecule has 4 nitrogen and oxygen atoms in total. The summed E-state index contributed by atoms with van der Waals surface area (Å²) < 4.78 is 14.0. The molecule has 1 aliphatic rings. The number of benzene rings is 2. The van der Waals surface area contributed by atoms with Crippen LogP contribution in [-0.2, 0) is 11.4 Å². The van der Waals surface area contributed by atoms with E-state index in [4.69, 9.17) is 44.9 Å². The van der Waals surface area contributed by atoms with E-state index in [9.17, 15) is 4.39 Å². The highest BCUT2D eigenvalue weighted by atomic mass is 35.5. The topological polar surface area (TPSA) is 39.5 Å². The molecular formula is C20H19Cl3FN3O. The van der Waals surface area contributed by atoms with E-state index in [1.165, 1.54) is 12.1 Å². The van der Waals surface area contributed by atoms with Crippen LogP contribution in [0.3, 0.4) is 0 Å². The Morgan fingerprint density at radius 3 is 2.68 bits per heavy atom. The van der Waals surface area contributed by atoms with E-state index in [0.29, 0.717) is 40.9 Å². The van der Waals surface area contributed by atoms with Gasteiger partial charge in [0.15, 0.2) is 0 Å². The lowest BCUT2D eigenvalue weighted by molar-refractivity contribution is -0.182. The number of hydrogen-bond acceptors (Lipinski definition) is 4. The zero-order chi connectivity index (χ0) is 20.3. The van der Waals surface area contributed by atoms with Gasteiger partial charge in [-0.2, -0.15) is 10.3 Å². The van der Waals surface area contributed by atoms with E-state index in [-0.39, 0.29) is 11.1 Å². The summed E-state index contributed by atoms with van der Waals surface area (Å²) in [5, 5.41) is 11.8. The minimum Gasteiger partial charge on any atom is -0.363 e. The van der Waals surface area contributed by atoms with Crippen molar-refractivity contribution >= 4 is 40.5 Å². The summed E-state index contributed by atoms with van der Waals surface area (Å²) in [6.07, 6.45) is 0.793. The molecule has 0 aromatic heterocycles. The molecule has 0 bridgehead atoms. The normalized spacial score (nSPS) is 17.4. The summed E-state index contributed by atoms with van der Waals surface area (Å²) in [5.41, 5.74) is 1.86. The molecule has 0 amide bonds. The van der Waals surface area contributed by atoms with Gasteiger partial charge in [-0.1, -0.05) is 41.7 Å². The fourth-order valence-electron chi connectivity index (χ4n) is 3.24. The van der Waals surface area contributed by atoms with Crippen LogP contribution < -0.4 is 4.90 Å². The lowest BCUT2D eigenvalue weighted by atomic mass is 10.1. The zero-order valence-corrected chi connectivity index (χ0v) is 17.5. The molecule has 2 aromatic rings. The molecule has 0 aliphatic carbocycles. The molecule has 28 heavy (non-hydrogen) atoms. The smallest absolute Gasteiger partial charge is 0.142 e. The van der Waals surface area contributed by atoms with E-state index < -0.39 is 5.82 Å². The fourth-order valence-corrected chi connectivity index (χ4v) is 3.90. The largest absolute Gasteiger partial charge is 0.363 e. The molecule has 1 atom stereocenters. The molecule has 0 spiro atoms. The van der Waals surface area contributed by atoms with Crippen LogP contribution in [0.15, 0.2) is 30.3 Å². The summed E-state index contributed by atoms with van der Waals surface area (Å²) in [7, 11) is 0. The van der Waals surface area contributed by atoms with Crippen LogP contribution in [-0.4, -0.2) is 30.8 Å². The Balaban J connectivity index is 1.98. The summed E-state index contributed by atoms with van der Waals surface area (Å²) in [4.78, 5) is 7.76. The molecule has 1 saturated heterocycles. The number of likely N-dealkylation sites (N-methyl/N-ethyl adjacent to an activating group) is 1. The van der Waals surface area contributed by atoms with Crippen LogP contribution in [0, 0.1) is 17.1 Å². The molecule has 0 unspecified atom stereocenters. The van der Waals surface area contributed by atoms with Gasteiger partial charge in [0, 0.05) is 36.4 Å². The van der Waals surface area contributed by atoms with Gasteiger partial charge in [-0.3, -0.25) is 4.84 Å². The zero-order valence-electron chi connectivity index (χ0n) is 15.3. The first-order valence-corrected chi connectivity index (χ1v) is 10.0. The van der Waals surface area contributed by atoms with E-state index in [1.54, 1.807) is 12.1 Å².